The number of carbonyl (C=O) groups is 2. The van der Waals surface area contributed by atoms with Gasteiger partial charge in [0.15, 0.2) is 5.75 Å². The fraction of sp³-hybridized carbons (Fsp3) is 0.364. The molecule has 1 saturated carbocycles. The maximum atomic E-state index is 13.7. The zero-order chi connectivity index (χ0) is 30.5. The second kappa shape index (κ2) is 9.34. The van der Waals surface area contributed by atoms with Crippen LogP contribution in [0.15, 0.2) is 30.7 Å². The predicted octanol–water partition coefficient (Wildman–Crippen LogP) is 3.50. The van der Waals surface area contributed by atoms with E-state index in [1.165, 1.54) is 0 Å². The number of methoxy groups -OCH3 is 1. The minimum atomic E-state index is -6.22. The number of alkyl halides is 6. The number of amides is 2. The van der Waals surface area contributed by atoms with Gasteiger partial charge in [0.25, 0.3) is 11.5 Å². The highest BCUT2D eigenvalue weighted by Gasteiger charge is 2.72. The van der Waals surface area contributed by atoms with Crippen LogP contribution < -0.4 is 20.7 Å². The van der Waals surface area contributed by atoms with Gasteiger partial charge in [-0.25, -0.2) is 9.50 Å². The van der Waals surface area contributed by atoms with Crippen molar-refractivity contribution < 1.29 is 49.9 Å². The van der Waals surface area contributed by atoms with Gasteiger partial charge in [0, 0.05) is 41.0 Å². The van der Waals surface area contributed by atoms with Crippen LogP contribution in [-0.2, 0) is 10.4 Å². The molecule has 4 N–H and O–H groups in total. The van der Waals surface area contributed by atoms with Crippen LogP contribution in [-0.4, -0.2) is 58.0 Å². The Morgan fingerprint density at radius 2 is 1.84 bits per heavy atom. The molecule has 1 aliphatic rings. The summed E-state index contributed by atoms with van der Waals surface area (Å²) in [5.41, 5.74) is -8.53. The van der Waals surface area contributed by atoms with Crippen molar-refractivity contribution in [2.75, 3.05) is 24.7 Å². The molecule has 1 fully saturated rings. The number of hydrogen-bond donors (Lipinski definition) is 4. The average molecular weight is 549 g/mol. The van der Waals surface area contributed by atoms with Crippen molar-refractivity contribution in [2.45, 2.75) is 30.8 Å². The van der Waals surface area contributed by atoms with Gasteiger partial charge in [-0.2, -0.15) is 31.4 Å². The molecule has 0 aliphatic heterocycles. The average Bonchev–Trinajstić information content (AvgIpc) is 3.62. The van der Waals surface area contributed by atoms with E-state index >= 15 is 0 Å². The predicted molar refractivity (Wildman–Crippen MR) is 120 cm³/mol. The summed E-state index contributed by atoms with van der Waals surface area (Å²) >= 11 is 0. The maximum absolute atomic E-state index is 13.7. The van der Waals surface area contributed by atoms with Crippen molar-refractivity contribution in [3.63, 3.8) is 0 Å². The monoisotopic (exact) mass is 549 g/mol. The van der Waals surface area contributed by atoms with E-state index in [0.29, 0.717) is 18.9 Å². The molecular formula is C22H20F6N6O4. The fourth-order valence-electron chi connectivity index (χ4n) is 3.69. The van der Waals surface area contributed by atoms with Gasteiger partial charge < -0.3 is 25.8 Å². The molecule has 16 heteroatoms. The molecule has 10 nitrogen and oxygen atoms in total. The van der Waals surface area contributed by atoms with E-state index in [2.05, 4.69) is 20.7 Å². The SMILES string of the molecule is [2H]C([2H])([2H])NC(=O)c1cnc(NC(=O)C2CC2)cc1Nc1cnn2ccc(C(O)(C(F)(F)F)C(F)(F)F)c(OC)c12. The minimum Gasteiger partial charge on any atom is -0.494 e. The lowest BCUT2D eigenvalue weighted by atomic mass is 9.91. The number of halogens is 6. The summed E-state index contributed by atoms with van der Waals surface area (Å²) in [6.07, 6.45) is -8.56. The molecule has 0 spiro atoms. The molecule has 0 atom stereocenters. The van der Waals surface area contributed by atoms with Crippen molar-refractivity contribution in [3.8, 4) is 5.75 Å². The minimum absolute atomic E-state index is 0.0949. The summed E-state index contributed by atoms with van der Waals surface area (Å²) in [5, 5.41) is 20.7. The van der Waals surface area contributed by atoms with Gasteiger partial charge >= 0.3 is 12.4 Å². The van der Waals surface area contributed by atoms with E-state index in [-0.39, 0.29) is 29.0 Å². The quantitative estimate of drug-likeness (QED) is 0.332. The highest BCUT2D eigenvalue weighted by molar-refractivity contribution is 6.02. The summed E-state index contributed by atoms with van der Waals surface area (Å²) in [4.78, 5) is 28.8. The molecule has 1 aliphatic carbocycles. The number of aliphatic hydroxyl groups is 1. The van der Waals surface area contributed by atoms with E-state index in [9.17, 15) is 41.0 Å². The lowest BCUT2D eigenvalue weighted by Gasteiger charge is -2.33. The number of fused-ring (bicyclic) bond motifs is 1. The summed E-state index contributed by atoms with van der Waals surface area (Å²) in [5.74, 6) is -2.97. The van der Waals surface area contributed by atoms with Crippen LogP contribution in [0.3, 0.4) is 0 Å². The molecule has 3 heterocycles. The zero-order valence-electron chi connectivity index (χ0n) is 22.2. The number of ether oxygens (including phenoxy) is 1. The van der Waals surface area contributed by atoms with Crippen molar-refractivity contribution in [2.24, 2.45) is 5.92 Å². The van der Waals surface area contributed by atoms with Crippen LogP contribution in [0.25, 0.3) is 5.52 Å². The Morgan fingerprint density at radius 3 is 2.42 bits per heavy atom. The summed E-state index contributed by atoms with van der Waals surface area (Å²) in [6.45, 7) is -2.94. The summed E-state index contributed by atoms with van der Waals surface area (Å²) in [6, 6.07) is 1.45. The van der Waals surface area contributed by atoms with Crippen molar-refractivity contribution in [1.82, 2.24) is 19.9 Å². The molecule has 4 rings (SSSR count). The normalized spacial score (nSPS) is 15.8. The number of nitrogens with zero attached hydrogens (tertiary/aromatic N) is 3. The third-order valence-electron chi connectivity index (χ3n) is 5.78. The topological polar surface area (TPSA) is 130 Å². The molecule has 204 valence electrons. The van der Waals surface area contributed by atoms with E-state index in [1.54, 1.807) is 5.32 Å². The first-order valence-electron chi connectivity index (χ1n) is 12.2. The van der Waals surface area contributed by atoms with Gasteiger partial charge in [-0.1, -0.05) is 0 Å². The van der Waals surface area contributed by atoms with Gasteiger partial charge in [0.2, 0.25) is 5.91 Å². The molecule has 0 unspecified atom stereocenters. The number of hydrogen-bond acceptors (Lipinski definition) is 7. The second-order valence-corrected chi connectivity index (χ2v) is 8.28. The largest absolute Gasteiger partial charge is 0.494 e. The Kier molecular flexibility index (Phi) is 5.67. The molecule has 3 aromatic heterocycles. The van der Waals surface area contributed by atoms with Crippen LogP contribution in [0, 0.1) is 5.92 Å². The van der Waals surface area contributed by atoms with Gasteiger partial charge in [-0.3, -0.25) is 9.59 Å². The summed E-state index contributed by atoms with van der Waals surface area (Å²) in [7, 11) is 0.774. The van der Waals surface area contributed by atoms with E-state index in [4.69, 9.17) is 8.85 Å². The number of rotatable bonds is 7. The Hall–Kier alpha value is -4.08. The number of pyridine rings is 2. The molecule has 0 radical (unpaired) electrons. The van der Waals surface area contributed by atoms with Crippen LogP contribution in [0.5, 0.6) is 5.75 Å². The zero-order valence-corrected chi connectivity index (χ0v) is 19.2. The fourth-order valence-corrected chi connectivity index (χ4v) is 3.69. The Bertz CT molecular complexity index is 1490. The van der Waals surface area contributed by atoms with Crippen molar-refractivity contribution >= 4 is 34.5 Å². The molecule has 38 heavy (non-hydrogen) atoms. The first-order valence-corrected chi connectivity index (χ1v) is 10.7. The van der Waals surface area contributed by atoms with Crippen molar-refractivity contribution in [3.05, 3.63) is 41.9 Å². The van der Waals surface area contributed by atoms with Gasteiger partial charge in [0.05, 0.1) is 30.2 Å². The number of aromatic nitrogens is 3. The van der Waals surface area contributed by atoms with Gasteiger partial charge in [-0.05, 0) is 18.9 Å². The lowest BCUT2D eigenvalue weighted by molar-refractivity contribution is -0.376. The maximum Gasteiger partial charge on any atom is 0.430 e. The molecule has 2 amide bonds. The van der Waals surface area contributed by atoms with E-state index in [0.717, 1.165) is 36.3 Å². The van der Waals surface area contributed by atoms with Crippen LogP contribution >= 0.6 is 0 Å². The highest BCUT2D eigenvalue weighted by atomic mass is 19.4. The lowest BCUT2D eigenvalue weighted by Crippen LogP contribution is -2.54. The first-order chi connectivity index (χ1) is 18.9. The van der Waals surface area contributed by atoms with Gasteiger partial charge in [-0.15, -0.1) is 0 Å². The second-order valence-electron chi connectivity index (χ2n) is 8.28. The molecular weight excluding hydrogens is 526 g/mol. The van der Waals surface area contributed by atoms with E-state index < -0.39 is 53.2 Å². The molecule has 0 bridgehead atoms. The van der Waals surface area contributed by atoms with Crippen LogP contribution in [0.1, 0.15) is 32.9 Å². The number of carbonyl (C=O) groups excluding carboxylic acids is 2. The standard InChI is InChI=1S/C22H20F6N6O4/c1-29-19(36)11-8-30-15(33-18(35)10-3-4-10)7-13(11)32-14-9-31-34-6-5-12(17(38-2)16(14)34)20(37,21(23,24)25)22(26,27)28/h5-10,37H,3-4H2,1-2H3,(H,29,36)(H2,30,32,33,35)/i1D3. The number of nitrogens with one attached hydrogen (secondary N) is 3. The summed E-state index contributed by atoms with van der Waals surface area (Å²) < 4.78 is 110. The van der Waals surface area contributed by atoms with E-state index in [1.807, 2.05) is 0 Å². The Morgan fingerprint density at radius 1 is 1.16 bits per heavy atom. The molecule has 0 saturated heterocycles. The first kappa shape index (κ1) is 23.1. The van der Waals surface area contributed by atoms with Crippen LogP contribution in [0.2, 0.25) is 0 Å². The number of anilines is 3. The van der Waals surface area contributed by atoms with Gasteiger partial charge in [0.1, 0.15) is 11.3 Å². The molecule has 0 aromatic carbocycles. The Labute approximate surface area is 214 Å². The highest BCUT2D eigenvalue weighted by Crippen LogP contribution is 2.53. The molecule has 3 aromatic rings. The smallest absolute Gasteiger partial charge is 0.430 e. The Balaban J connectivity index is 1.86. The van der Waals surface area contributed by atoms with Crippen LogP contribution in [0.4, 0.5) is 43.5 Å². The third kappa shape index (κ3) is 4.55. The van der Waals surface area contributed by atoms with Crippen molar-refractivity contribution in [1.29, 1.82) is 0 Å². The third-order valence-corrected chi connectivity index (χ3v) is 5.78.